The van der Waals surface area contributed by atoms with Crippen molar-refractivity contribution in [1.82, 2.24) is 0 Å². The maximum Gasteiger partial charge on any atom is 0.340 e. The molecule has 1 saturated heterocycles. The molecule has 5 unspecified atom stereocenters. The number of ether oxygens (including phenoxy) is 6. The highest BCUT2D eigenvalue weighted by Crippen LogP contribution is 2.41. The van der Waals surface area contributed by atoms with Crippen molar-refractivity contribution in [3.63, 3.8) is 0 Å². The maximum atomic E-state index is 13.8. The standard InChI is InChI=1S/C41H31BrO11/c42-41(26-48-35(43)27-16-6-1-7-17-27)34(51-38(46)30-22-12-4-13-23-30)32(49-36(44)28-18-8-2-9-19-28)33(50-37(45)29-20-10-3-11-21-29)40(53-41)52-39(47)31-24-14-5-15-25-31/h1-25,32-34,40H,26H2. The van der Waals surface area contributed by atoms with Gasteiger partial charge in [0.2, 0.25) is 16.9 Å². The van der Waals surface area contributed by atoms with Gasteiger partial charge in [0.25, 0.3) is 0 Å². The Labute approximate surface area is 312 Å². The predicted molar refractivity (Wildman–Crippen MR) is 192 cm³/mol. The summed E-state index contributed by atoms with van der Waals surface area (Å²) in [5.74, 6) is -4.34. The smallest absolute Gasteiger partial charge is 0.340 e. The van der Waals surface area contributed by atoms with Gasteiger partial charge in [-0.1, -0.05) is 91.0 Å². The van der Waals surface area contributed by atoms with Crippen LogP contribution in [0.1, 0.15) is 51.8 Å². The third-order valence-corrected chi connectivity index (χ3v) is 8.89. The van der Waals surface area contributed by atoms with Gasteiger partial charge < -0.3 is 28.4 Å². The summed E-state index contributed by atoms with van der Waals surface area (Å²) in [6.45, 7) is -0.675. The fourth-order valence-corrected chi connectivity index (χ4v) is 6.02. The lowest BCUT2D eigenvalue weighted by Gasteiger charge is -2.47. The average Bonchev–Trinajstić information content (AvgIpc) is 3.21. The van der Waals surface area contributed by atoms with Crippen molar-refractivity contribution in [3.8, 4) is 0 Å². The summed E-state index contributed by atoms with van der Waals surface area (Å²) < 4.78 is 33.8. The largest absolute Gasteiger partial charge is 0.458 e. The Morgan fingerprint density at radius 1 is 0.453 bits per heavy atom. The van der Waals surface area contributed by atoms with Gasteiger partial charge in [0.05, 0.1) is 27.8 Å². The molecular weight excluding hydrogens is 748 g/mol. The SMILES string of the molecule is O=C(OCC1(Br)OC(OC(=O)c2ccccc2)C(OC(=O)c2ccccc2)C(OC(=O)c2ccccc2)C1OC(=O)c1ccccc1)c1ccccc1. The number of hydrogen-bond acceptors (Lipinski definition) is 11. The summed E-state index contributed by atoms with van der Waals surface area (Å²) in [6.07, 6.45) is -7.01. The Morgan fingerprint density at radius 2 is 0.774 bits per heavy atom. The van der Waals surface area contributed by atoms with E-state index in [1.54, 1.807) is 91.0 Å². The van der Waals surface area contributed by atoms with Gasteiger partial charge in [0.15, 0.2) is 12.2 Å². The van der Waals surface area contributed by atoms with Gasteiger partial charge >= 0.3 is 29.8 Å². The van der Waals surface area contributed by atoms with Crippen LogP contribution in [-0.4, -0.2) is 65.6 Å². The van der Waals surface area contributed by atoms with Crippen LogP contribution in [0.4, 0.5) is 0 Å². The van der Waals surface area contributed by atoms with Crippen molar-refractivity contribution in [1.29, 1.82) is 0 Å². The van der Waals surface area contributed by atoms with E-state index in [4.69, 9.17) is 28.4 Å². The molecule has 0 amide bonds. The molecule has 0 bridgehead atoms. The van der Waals surface area contributed by atoms with E-state index in [0.29, 0.717) is 0 Å². The number of carbonyl (C=O) groups is 5. The lowest BCUT2D eigenvalue weighted by atomic mass is 9.97. The number of halogens is 1. The molecular formula is C41H31BrO11. The number of esters is 5. The first-order valence-corrected chi connectivity index (χ1v) is 17.1. The summed E-state index contributed by atoms with van der Waals surface area (Å²) in [5.41, 5.74) is 0.654. The van der Waals surface area contributed by atoms with Crippen molar-refractivity contribution < 1.29 is 52.4 Å². The summed E-state index contributed by atoms with van der Waals surface area (Å²) in [5, 5.41) is 0. The highest BCUT2D eigenvalue weighted by Gasteiger charge is 2.61. The lowest BCUT2D eigenvalue weighted by molar-refractivity contribution is -0.292. The number of alkyl halides is 1. The number of rotatable bonds is 11. The van der Waals surface area contributed by atoms with Gasteiger partial charge in [-0.3, -0.25) is 0 Å². The molecule has 268 valence electrons. The fourth-order valence-electron chi connectivity index (χ4n) is 5.37. The Kier molecular flexibility index (Phi) is 11.7. The molecule has 53 heavy (non-hydrogen) atoms. The van der Waals surface area contributed by atoms with E-state index in [1.165, 1.54) is 60.7 Å². The number of benzene rings is 5. The molecule has 0 spiro atoms. The van der Waals surface area contributed by atoms with Gasteiger partial charge in [-0.15, -0.1) is 0 Å². The van der Waals surface area contributed by atoms with Crippen LogP contribution in [0.15, 0.2) is 152 Å². The van der Waals surface area contributed by atoms with Gasteiger partial charge in [0, 0.05) is 0 Å². The second kappa shape index (κ2) is 16.9. The Morgan fingerprint density at radius 3 is 1.17 bits per heavy atom. The van der Waals surface area contributed by atoms with Crippen molar-refractivity contribution in [2.45, 2.75) is 29.1 Å². The van der Waals surface area contributed by atoms with E-state index in [0.717, 1.165) is 0 Å². The van der Waals surface area contributed by atoms with Crippen LogP contribution < -0.4 is 0 Å². The molecule has 0 radical (unpaired) electrons. The summed E-state index contributed by atoms with van der Waals surface area (Å²) in [7, 11) is 0. The highest BCUT2D eigenvalue weighted by molar-refractivity contribution is 9.10. The van der Waals surface area contributed by atoms with E-state index in [2.05, 4.69) is 15.9 Å². The molecule has 1 heterocycles. The average molecular weight is 780 g/mol. The van der Waals surface area contributed by atoms with E-state index >= 15 is 0 Å². The number of hydrogen-bond donors (Lipinski definition) is 0. The minimum atomic E-state index is -2.07. The topological polar surface area (TPSA) is 141 Å². The van der Waals surface area contributed by atoms with Crippen molar-refractivity contribution in [3.05, 3.63) is 179 Å². The van der Waals surface area contributed by atoms with E-state index in [1.807, 2.05) is 0 Å². The third kappa shape index (κ3) is 9.04. The fraction of sp³-hybridized carbons (Fsp3) is 0.146. The first kappa shape index (κ1) is 36.7. The summed E-state index contributed by atoms with van der Waals surface area (Å²) in [6, 6.07) is 39.8. The first-order valence-electron chi connectivity index (χ1n) is 16.3. The molecule has 12 heteroatoms. The third-order valence-electron chi connectivity index (χ3n) is 8.02. The lowest BCUT2D eigenvalue weighted by Crippen LogP contribution is -2.67. The predicted octanol–water partition coefficient (Wildman–Crippen LogP) is 6.82. The Hall–Kier alpha value is -6.11. The minimum absolute atomic E-state index is 0.105. The maximum absolute atomic E-state index is 13.8. The molecule has 0 aromatic heterocycles. The monoisotopic (exact) mass is 778 g/mol. The van der Waals surface area contributed by atoms with Crippen molar-refractivity contribution in [2.75, 3.05) is 6.61 Å². The van der Waals surface area contributed by atoms with Crippen LogP contribution in [0, 0.1) is 0 Å². The normalized spacial score (nSPS) is 20.6. The highest BCUT2D eigenvalue weighted by atomic mass is 79.9. The van der Waals surface area contributed by atoms with Gasteiger partial charge in [-0.25, -0.2) is 24.0 Å². The zero-order chi connectivity index (χ0) is 37.2. The van der Waals surface area contributed by atoms with Gasteiger partial charge in [-0.2, -0.15) is 0 Å². The minimum Gasteiger partial charge on any atom is -0.458 e. The molecule has 11 nitrogen and oxygen atoms in total. The zero-order valence-electron chi connectivity index (χ0n) is 27.8. The molecule has 5 atom stereocenters. The summed E-state index contributed by atoms with van der Waals surface area (Å²) in [4.78, 5) is 67.9. The van der Waals surface area contributed by atoms with Crippen LogP contribution in [0.3, 0.4) is 0 Å². The van der Waals surface area contributed by atoms with E-state index in [-0.39, 0.29) is 27.8 Å². The zero-order valence-corrected chi connectivity index (χ0v) is 29.4. The quantitative estimate of drug-likeness (QED) is 0.0792. The second-order valence-electron chi connectivity index (χ2n) is 11.6. The van der Waals surface area contributed by atoms with Gasteiger partial charge in [0.1, 0.15) is 6.61 Å². The second-order valence-corrected chi connectivity index (χ2v) is 13.0. The van der Waals surface area contributed by atoms with Crippen molar-refractivity contribution in [2.24, 2.45) is 0 Å². The van der Waals surface area contributed by atoms with Crippen LogP contribution in [-0.2, 0) is 28.4 Å². The van der Waals surface area contributed by atoms with Crippen LogP contribution >= 0.6 is 15.9 Å². The summed E-state index contributed by atoms with van der Waals surface area (Å²) >= 11 is 3.48. The van der Waals surface area contributed by atoms with E-state index in [9.17, 15) is 24.0 Å². The number of carbonyl (C=O) groups excluding carboxylic acids is 5. The van der Waals surface area contributed by atoms with Crippen LogP contribution in [0.25, 0.3) is 0 Å². The molecule has 0 saturated carbocycles. The molecule has 5 aromatic rings. The first-order chi connectivity index (χ1) is 25.7. The van der Waals surface area contributed by atoms with Crippen LogP contribution in [0.2, 0.25) is 0 Å². The molecule has 0 N–H and O–H groups in total. The van der Waals surface area contributed by atoms with Crippen molar-refractivity contribution >= 4 is 45.8 Å². The molecule has 5 aromatic carbocycles. The van der Waals surface area contributed by atoms with Gasteiger partial charge in [-0.05, 0) is 76.6 Å². The molecule has 0 aliphatic carbocycles. The Balaban J connectivity index is 1.45. The Bertz CT molecular complexity index is 2030. The molecule has 1 aliphatic rings. The molecule has 1 aliphatic heterocycles. The van der Waals surface area contributed by atoms with E-state index < -0.39 is 65.6 Å². The molecule has 6 rings (SSSR count). The van der Waals surface area contributed by atoms with Crippen LogP contribution in [0.5, 0.6) is 0 Å². The molecule has 1 fully saturated rings.